The Labute approximate surface area is 103 Å². The van der Waals surface area contributed by atoms with Crippen molar-refractivity contribution in [1.82, 2.24) is 0 Å². The Morgan fingerprint density at radius 3 is 1.33 bits per heavy atom. The highest BCUT2D eigenvalue weighted by atomic mass is 16.1. The van der Waals surface area contributed by atoms with Crippen molar-refractivity contribution in [3.63, 3.8) is 0 Å². The molecule has 0 rings (SSSR count). The van der Waals surface area contributed by atoms with Gasteiger partial charge in [0.1, 0.15) is 5.78 Å². The fourth-order valence-electron chi connectivity index (χ4n) is 0.624. The second-order valence-corrected chi connectivity index (χ2v) is 2.16. The van der Waals surface area contributed by atoms with E-state index in [1.54, 1.807) is 6.92 Å². The van der Waals surface area contributed by atoms with Crippen molar-refractivity contribution in [3.05, 3.63) is 0 Å². The number of rotatable bonds is 4. The molecule has 0 aliphatic carbocycles. The lowest BCUT2D eigenvalue weighted by molar-refractivity contribution is -0.117. The molecule has 0 bridgehead atoms. The Kier molecular flexibility index (Phi) is 203. The Hall–Kier alpha value is -0.330. The Balaban J connectivity index is -0.0000000117. The highest BCUT2D eigenvalue weighted by molar-refractivity contribution is 5.75. The topological polar surface area (TPSA) is 17.1 Å². The molecular formula is C14H42O. The lowest BCUT2D eigenvalue weighted by atomic mass is 10.2. The molecule has 0 aromatic carbocycles. The Morgan fingerprint density at radius 1 is 0.800 bits per heavy atom. The molecule has 0 atom stereocenters. The van der Waals surface area contributed by atoms with E-state index in [0.29, 0.717) is 5.78 Å². The van der Waals surface area contributed by atoms with Crippen LogP contribution < -0.4 is 0 Å². The average Bonchev–Trinajstić information content (AvgIpc) is 1.66. The molecule has 0 aliphatic heterocycles. The minimum atomic E-state index is 0. The third-order valence-electron chi connectivity index (χ3n) is 1.13. The van der Waals surface area contributed by atoms with Crippen LogP contribution >= 0.6 is 0 Å². The van der Waals surface area contributed by atoms with Gasteiger partial charge in [-0.1, -0.05) is 71.8 Å². The highest BCUT2D eigenvalue weighted by Crippen LogP contribution is 1.98. The molecule has 0 saturated heterocycles. The van der Waals surface area contributed by atoms with Gasteiger partial charge in [0.25, 0.3) is 0 Å². The van der Waals surface area contributed by atoms with Crippen LogP contribution in [-0.2, 0) is 4.79 Å². The minimum absolute atomic E-state index is 0. The first-order chi connectivity index (χ1) is 3.77. The number of Topliss-reactive ketones (excluding diaryl/α,β-unsaturated/α-hetero) is 1. The van der Waals surface area contributed by atoms with Gasteiger partial charge in [0, 0.05) is 6.42 Å². The van der Waals surface area contributed by atoms with E-state index in [1.807, 2.05) is 0 Å². The van der Waals surface area contributed by atoms with Crippen LogP contribution in [0.4, 0.5) is 0 Å². The fraction of sp³-hybridized carbons (Fsp3) is 0.929. The van der Waals surface area contributed by atoms with Crippen molar-refractivity contribution >= 4 is 5.78 Å². The fourth-order valence-corrected chi connectivity index (χ4v) is 0.624. The van der Waals surface area contributed by atoms with Gasteiger partial charge in [-0.05, 0) is 13.3 Å². The summed E-state index contributed by atoms with van der Waals surface area (Å²) < 4.78 is 0. The maximum Gasteiger partial charge on any atom is 0.129 e. The molecule has 0 unspecified atom stereocenters. The van der Waals surface area contributed by atoms with Crippen LogP contribution in [0.2, 0.25) is 0 Å². The summed E-state index contributed by atoms with van der Waals surface area (Å²) in [5, 5.41) is 0. The van der Waals surface area contributed by atoms with Gasteiger partial charge >= 0.3 is 0 Å². The lowest BCUT2D eigenvalue weighted by Gasteiger charge is -1.90. The van der Waals surface area contributed by atoms with Crippen LogP contribution in [0.25, 0.3) is 0 Å². The summed E-state index contributed by atoms with van der Waals surface area (Å²) in [5.41, 5.74) is 0. The Morgan fingerprint density at radius 2 is 1.13 bits per heavy atom. The van der Waals surface area contributed by atoms with Crippen LogP contribution in [0.5, 0.6) is 0 Å². The summed E-state index contributed by atoms with van der Waals surface area (Å²) in [4.78, 5) is 10.3. The number of hydrogen-bond donors (Lipinski definition) is 0. The molecule has 1 nitrogen and oxygen atoms in total. The molecule has 1 heteroatoms. The van der Waals surface area contributed by atoms with E-state index in [4.69, 9.17) is 0 Å². The number of ketones is 1. The lowest BCUT2D eigenvalue weighted by Crippen LogP contribution is -1.87. The molecular weight excluding hydrogens is 184 g/mol. The van der Waals surface area contributed by atoms with E-state index in [-0.39, 0.29) is 52.0 Å². The molecule has 0 aromatic heterocycles. The first-order valence-corrected chi connectivity index (χ1v) is 3.26. The van der Waals surface area contributed by atoms with Gasteiger partial charge in [0.15, 0.2) is 0 Å². The Bertz CT molecular complexity index is 67.7. The SMILES string of the molecule is C.C.C.C.C.C.C.CCCCCC(C)=O. The summed E-state index contributed by atoms with van der Waals surface area (Å²) >= 11 is 0. The molecule has 0 N–H and O–H groups in total. The maximum absolute atomic E-state index is 10.3. The standard InChI is InChI=1S/C7H14O.7CH4/c1-3-4-5-6-7(2)8;;;;;;;/h3-6H2,1-2H3;7*1H4. The maximum atomic E-state index is 10.3. The third kappa shape index (κ3) is 85.4. The van der Waals surface area contributed by atoms with Crippen molar-refractivity contribution in [2.45, 2.75) is 91.5 Å². The largest absolute Gasteiger partial charge is 0.300 e. The van der Waals surface area contributed by atoms with Crippen molar-refractivity contribution < 1.29 is 4.79 Å². The van der Waals surface area contributed by atoms with Crippen molar-refractivity contribution in [1.29, 1.82) is 0 Å². The summed E-state index contributed by atoms with van der Waals surface area (Å²) in [5.74, 6) is 0.318. The van der Waals surface area contributed by atoms with Gasteiger partial charge in [-0.2, -0.15) is 0 Å². The van der Waals surface area contributed by atoms with E-state index in [2.05, 4.69) is 6.92 Å². The zero-order valence-electron chi connectivity index (χ0n) is 5.74. The normalized spacial score (nSPS) is 4.93. The molecule has 0 aliphatic rings. The second-order valence-electron chi connectivity index (χ2n) is 2.16. The first-order valence-electron chi connectivity index (χ1n) is 3.26. The molecule has 104 valence electrons. The van der Waals surface area contributed by atoms with Gasteiger partial charge in [-0.3, -0.25) is 0 Å². The molecule has 15 heavy (non-hydrogen) atoms. The van der Waals surface area contributed by atoms with Crippen LogP contribution in [-0.4, -0.2) is 5.78 Å². The predicted octanol–water partition coefficient (Wildman–Crippen LogP) is 6.61. The molecule has 0 saturated carbocycles. The van der Waals surface area contributed by atoms with Gasteiger partial charge in [-0.15, -0.1) is 0 Å². The molecule has 0 aromatic rings. The second kappa shape index (κ2) is 49.3. The summed E-state index contributed by atoms with van der Waals surface area (Å²) in [6.45, 7) is 3.79. The van der Waals surface area contributed by atoms with Crippen LogP contribution in [0.1, 0.15) is 91.5 Å². The number of carbonyl (C=O) groups is 1. The molecule has 0 radical (unpaired) electrons. The monoisotopic (exact) mass is 226 g/mol. The van der Waals surface area contributed by atoms with Gasteiger partial charge in [0.2, 0.25) is 0 Å². The van der Waals surface area contributed by atoms with Crippen molar-refractivity contribution in [2.24, 2.45) is 0 Å². The van der Waals surface area contributed by atoms with E-state index in [9.17, 15) is 4.79 Å². The average molecular weight is 226 g/mol. The number of carbonyl (C=O) groups excluding carboxylic acids is 1. The summed E-state index contributed by atoms with van der Waals surface area (Å²) in [7, 11) is 0. The molecule has 0 spiro atoms. The molecule has 0 fully saturated rings. The number of hydrogen-bond acceptors (Lipinski definition) is 1. The van der Waals surface area contributed by atoms with Crippen molar-refractivity contribution in [2.75, 3.05) is 0 Å². The zero-order chi connectivity index (χ0) is 6.41. The third-order valence-corrected chi connectivity index (χ3v) is 1.13. The van der Waals surface area contributed by atoms with E-state index >= 15 is 0 Å². The quantitative estimate of drug-likeness (QED) is 0.493. The summed E-state index contributed by atoms with van der Waals surface area (Å²) in [6, 6.07) is 0. The van der Waals surface area contributed by atoms with Crippen LogP contribution in [0.3, 0.4) is 0 Å². The van der Waals surface area contributed by atoms with Crippen molar-refractivity contribution in [3.8, 4) is 0 Å². The highest BCUT2D eigenvalue weighted by Gasteiger charge is 1.89. The zero-order valence-corrected chi connectivity index (χ0v) is 5.74. The summed E-state index contributed by atoms with van der Waals surface area (Å²) in [6.07, 6.45) is 4.24. The molecule has 0 amide bonds. The smallest absolute Gasteiger partial charge is 0.129 e. The number of unbranched alkanes of at least 4 members (excludes halogenated alkanes) is 2. The molecule has 0 heterocycles. The van der Waals surface area contributed by atoms with Crippen LogP contribution in [0, 0.1) is 0 Å². The van der Waals surface area contributed by atoms with Crippen LogP contribution in [0.15, 0.2) is 0 Å². The van der Waals surface area contributed by atoms with E-state index in [1.165, 1.54) is 12.8 Å². The minimum Gasteiger partial charge on any atom is -0.300 e. The van der Waals surface area contributed by atoms with Gasteiger partial charge in [-0.25, -0.2) is 0 Å². The van der Waals surface area contributed by atoms with Gasteiger partial charge in [0.05, 0.1) is 0 Å². The van der Waals surface area contributed by atoms with E-state index < -0.39 is 0 Å². The predicted molar refractivity (Wildman–Crippen MR) is 81.9 cm³/mol. The first kappa shape index (κ1) is 61.6. The van der Waals surface area contributed by atoms with Gasteiger partial charge < -0.3 is 4.79 Å². The van der Waals surface area contributed by atoms with E-state index in [0.717, 1.165) is 12.8 Å².